The summed E-state index contributed by atoms with van der Waals surface area (Å²) in [6.45, 7) is 3.18. The molecule has 4 nitrogen and oxygen atoms in total. The Hall–Kier alpha value is -2.11. The van der Waals surface area contributed by atoms with Crippen LogP contribution in [-0.2, 0) is 6.54 Å². The van der Waals surface area contributed by atoms with E-state index in [2.05, 4.69) is 17.6 Å². The molecule has 0 saturated carbocycles. The maximum atomic E-state index is 12.3. The van der Waals surface area contributed by atoms with Crippen molar-refractivity contribution < 1.29 is 9.53 Å². The number of ether oxygens (including phenoxy) is 1. The molecule has 0 heterocycles. The van der Waals surface area contributed by atoms with Gasteiger partial charge in [0.2, 0.25) is 0 Å². The predicted octanol–water partition coefficient (Wildman–Crippen LogP) is 4.32. The van der Waals surface area contributed by atoms with Crippen molar-refractivity contribution in [3.63, 3.8) is 0 Å². The summed E-state index contributed by atoms with van der Waals surface area (Å²) in [5.41, 5.74) is 1.41. The van der Waals surface area contributed by atoms with E-state index >= 15 is 0 Å². The van der Waals surface area contributed by atoms with E-state index in [4.69, 9.17) is 28.6 Å². The van der Waals surface area contributed by atoms with Crippen molar-refractivity contribution in [1.29, 1.82) is 0 Å². The Balaban J connectivity index is 1.87. The number of hydrogen-bond acceptors (Lipinski definition) is 3. The van der Waals surface area contributed by atoms with Crippen LogP contribution in [0.1, 0.15) is 35.7 Å². The van der Waals surface area contributed by atoms with Gasteiger partial charge in [-0.3, -0.25) is 10.1 Å². The average molecular weight is 377 g/mol. The first kappa shape index (κ1) is 19.2. The van der Waals surface area contributed by atoms with Crippen LogP contribution in [0.5, 0.6) is 5.75 Å². The SMILES string of the molecule is CCCCOc1cccc(C(=O)NC(=S)NCc2ccccc2Cl)c1. The third kappa shape index (κ3) is 6.36. The van der Waals surface area contributed by atoms with Gasteiger partial charge in [0.05, 0.1) is 6.61 Å². The number of unbranched alkanes of at least 4 members (excludes halogenated alkanes) is 1. The zero-order valence-electron chi connectivity index (χ0n) is 14.0. The Kier molecular flexibility index (Phi) is 7.70. The van der Waals surface area contributed by atoms with Crippen molar-refractivity contribution in [2.24, 2.45) is 0 Å². The molecular formula is C19H21ClN2O2S. The quantitative estimate of drug-likeness (QED) is 0.558. The summed E-state index contributed by atoms with van der Waals surface area (Å²) >= 11 is 11.3. The molecule has 0 atom stereocenters. The normalized spacial score (nSPS) is 10.2. The smallest absolute Gasteiger partial charge is 0.257 e. The minimum absolute atomic E-state index is 0.252. The minimum Gasteiger partial charge on any atom is -0.494 e. The first-order valence-corrected chi connectivity index (χ1v) is 8.94. The molecule has 0 aliphatic rings. The van der Waals surface area contributed by atoms with Crippen LogP contribution in [0.2, 0.25) is 5.02 Å². The van der Waals surface area contributed by atoms with Gasteiger partial charge in [0, 0.05) is 17.1 Å². The van der Waals surface area contributed by atoms with Gasteiger partial charge in [0.25, 0.3) is 5.91 Å². The number of thiocarbonyl (C=S) groups is 1. The zero-order valence-corrected chi connectivity index (χ0v) is 15.6. The summed E-state index contributed by atoms with van der Waals surface area (Å²) in [7, 11) is 0. The second-order valence-corrected chi connectivity index (χ2v) is 6.27. The number of carbonyl (C=O) groups is 1. The summed E-state index contributed by atoms with van der Waals surface area (Å²) in [4.78, 5) is 12.3. The molecule has 0 radical (unpaired) electrons. The Labute approximate surface area is 158 Å². The zero-order chi connectivity index (χ0) is 18.1. The second-order valence-electron chi connectivity index (χ2n) is 5.46. The van der Waals surface area contributed by atoms with Crippen LogP contribution in [0.4, 0.5) is 0 Å². The molecule has 0 unspecified atom stereocenters. The number of amides is 1. The monoisotopic (exact) mass is 376 g/mol. The molecule has 0 bridgehead atoms. The van der Waals surface area contributed by atoms with Crippen molar-refractivity contribution in [2.45, 2.75) is 26.3 Å². The number of nitrogens with one attached hydrogen (secondary N) is 2. The Morgan fingerprint density at radius 2 is 2.00 bits per heavy atom. The maximum absolute atomic E-state index is 12.3. The molecule has 6 heteroatoms. The Morgan fingerprint density at radius 3 is 2.76 bits per heavy atom. The minimum atomic E-state index is -0.280. The van der Waals surface area contributed by atoms with Crippen LogP contribution in [0.3, 0.4) is 0 Å². The first-order valence-electron chi connectivity index (χ1n) is 8.15. The standard InChI is InChI=1S/C19H21ClN2O2S/c1-2-3-11-24-16-9-6-8-14(12-16)18(23)22-19(25)21-13-15-7-4-5-10-17(15)20/h4-10,12H,2-3,11,13H2,1H3,(H2,21,22,23,25). The van der Waals surface area contributed by atoms with E-state index < -0.39 is 0 Å². The van der Waals surface area contributed by atoms with Crippen molar-refractivity contribution in [2.75, 3.05) is 6.61 Å². The van der Waals surface area contributed by atoms with Gasteiger partial charge in [0.15, 0.2) is 5.11 Å². The summed E-state index contributed by atoms with van der Waals surface area (Å²) in [5.74, 6) is 0.397. The lowest BCUT2D eigenvalue weighted by atomic mass is 10.2. The molecule has 2 N–H and O–H groups in total. The number of hydrogen-bond donors (Lipinski definition) is 2. The molecule has 1 amide bonds. The highest BCUT2D eigenvalue weighted by Crippen LogP contribution is 2.15. The van der Waals surface area contributed by atoms with E-state index in [0.29, 0.717) is 29.5 Å². The molecular weight excluding hydrogens is 356 g/mol. The van der Waals surface area contributed by atoms with Crippen molar-refractivity contribution in [3.8, 4) is 5.75 Å². The van der Waals surface area contributed by atoms with E-state index in [9.17, 15) is 4.79 Å². The van der Waals surface area contributed by atoms with Gasteiger partial charge in [-0.1, -0.05) is 49.2 Å². The lowest BCUT2D eigenvalue weighted by Crippen LogP contribution is -2.38. The van der Waals surface area contributed by atoms with Crippen LogP contribution < -0.4 is 15.4 Å². The van der Waals surface area contributed by atoms with Gasteiger partial charge >= 0.3 is 0 Å². The third-order valence-corrected chi connectivity index (χ3v) is 4.10. The van der Waals surface area contributed by atoms with E-state index in [1.807, 2.05) is 30.3 Å². The van der Waals surface area contributed by atoms with Gasteiger partial charge in [-0.05, 0) is 48.5 Å². The van der Waals surface area contributed by atoms with Crippen molar-refractivity contribution in [3.05, 3.63) is 64.7 Å². The summed E-state index contributed by atoms with van der Waals surface area (Å²) < 4.78 is 5.62. The molecule has 0 saturated heterocycles. The fourth-order valence-electron chi connectivity index (χ4n) is 2.10. The maximum Gasteiger partial charge on any atom is 0.257 e. The lowest BCUT2D eigenvalue weighted by Gasteiger charge is -2.11. The average Bonchev–Trinajstić information content (AvgIpc) is 2.61. The van der Waals surface area contributed by atoms with Crippen LogP contribution in [0, 0.1) is 0 Å². The van der Waals surface area contributed by atoms with Crippen LogP contribution in [0.15, 0.2) is 48.5 Å². The highest BCUT2D eigenvalue weighted by Gasteiger charge is 2.09. The largest absolute Gasteiger partial charge is 0.494 e. The fraction of sp³-hybridized carbons (Fsp3) is 0.263. The molecule has 2 aromatic carbocycles. The molecule has 0 aromatic heterocycles. The second kappa shape index (κ2) is 10.0. The van der Waals surface area contributed by atoms with Crippen LogP contribution in [-0.4, -0.2) is 17.6 Å². The van der Waals surface area contributed by atoms with Gasteiger partial charge in [0.1, 0.15) is 5.75 Å². The highest BCUT2D eigenvalue weighted by molar-refractivity contribution is 7.80. The van der Waals surface area contributed by atoms with Gasteiger partial charge < -0.3 is 10.1 Å². The predicted molar refractivity (Wildman–Crippen MR) is 105 cm³/mol. The van der Waals surface area contributed by atoms with Crippen LogP contribution in [0.25, 0.3) is 0 Å². The van der Waals surface area contributed by atoms with E-state index in [0.717, 1.165) is 18.4 Å². The van der Waals surface area contributed by atoms with E-state index in [-0.39, 0.29) is 11.0 Å². The van der Waals surface area contributed by atoms with E-state index in [1.165, 1.54) is 0 Å². The number of halogens is 1. The topological polar surface area (TPSA) is 50.4 Å². The number of carbonyl (C=O) groups excluding carboxylic acids is 1. The molecule has 0 fully saturated rings. The van der Waals surface area contributed by atoms with Gasteiger partial charge in [-0.2, -0.15) is 0 Å². The molecule has 0 aliphatic heterocycles. The Morgan fingerprint density at radius 1 is 1.20 bits per heavy atom. The molecule has 25 heavy (non-hydrogen) atoms. The molecule has 2 rings (SSSR count). The highest BCUT2D eigenvalue weighted by atomic mass is 35.5. The van der Waals surface area contributed by atoms with Crippen LogP contribution >= 0.6 is 23.8 Å². The van der Waals surface area contributed by atoms with Crippen molar-refractivity contribution >= 4 is 34.8 Å². The summed E-state index contributed by atoms with van der Waals surface area (Å²) in [6.07, 6.45) is 2.04. The molecule has 0 spiro atoms. The lowest BCUT2D eigenvalue weighted by molar-refractivity contribution is 0.0976. The number of benzene rings is 2. The van der Waals surface area contributed by atoms with Gasteiger partial charge in [-0.15, -0.1) is 0 Å². The van der Waals surface area contributed by atoms with Crippen molar-refractivity contribution in [1.82, 2.24) is 10.6 Å². The third-order valence-electron chi connectivity index (χ3n) is 3.49. The molecule has 2 aromatic rings. The summed E-state index contributed by atoms with van der Waals surface area (Å²) in [5, 5.41) is 6.55. The Bertz CT molecular complexity index is 737. The first-order chi connectivity index (χ1) is 12.1. The molecule has 132 valence electrons. The number of rotatable bonds is 7. The molecule has 0 aliphatic carbocycles. The van der Waals surface area contributed by atoms with E-state index in [1.54, 1.807) is 18.2 Å². The van der Waals surface area contributed by atoms with Gasteiger partial charge in [-0.25, -0.2) is 0 Å². The fourth-order valence-corrected chi connectivity index (χ4v) is 2.47. The summed E-state index contributed by atoms with van der Waals surface area (Å²) in [6, 6.07) is 14.5.